The van der Waals surface area contributed by atoms with Crippen LogP contribution in [-0.4, -0.2) is 109 Å². The van der Waals surface area contributed by atoms with Gasteiger partial charge in [-0.05, 0) is 53.4 Å². The molecule has 0 fully saturated rings. The number of nitrogens with two attached hydrogens (primary N) is 2. The zero-order chi connectivity index (χ0) is 43.2. The molecule has 0 aliphatic heterocycles. The SMILES string of the molecule is NC(=O)[C@H](Cc1ccc(O)cc1)NC(=O)[C@H](CC(=O)O)NC(=O)[C@H](CS)NC(=O)[C@H](Cc1c[nH]c2ccccc12)NC(=O)[C@H](CS)NC(=O)[C@@H](N)Cc1ccc(O)cc1. The van der Waals surface area contributed by atoms with E-state index in [0.717, 1.165) is 10.9 Å². The van der Waals surface area contributed by atoms with Crippen LogP contribution in [0.1, 0.15) is 23.1 Å². The minimum absolute atomic E-state index is 0.0370. The van der Waals surface area contributed by atoms with Crippen LogP contribution in [0.2, 0.25) is 0 Å². The second-order valence-corrected chi connectivity index (χ2v) is 14.3. The predicted molar refractivity (Wildman–Crippen MR) is 222 cm³/mol. The van der Waals surface area contributed by atoms with Gasteiger partial charge in [0.1, 0.15) is 41.7 Å². The molecule has 0 saturated heterocycles. The lowest BCUT2D eigenvalue weighted by molar-refractivity contribution is -0.141. The number of aliphatic carboxylic acids is 1. The van der Waals surface area contributed by atoms with E-state index in [2.05, 4.69) is 56.8 Å². The smallest absolute Gasteiger partial charge is 0.305 e. The molecule has 1 aromatic heterocycles. The number of carboxylic acids is 1. The third-order valence-electron chi connectivity index (χ3n) is 9.14. The fourth-order valence-corrected chi connectivity index (χ4v) is 6.45. The van der Waals surface area contributed by atoms with Gasteiger partial charge in [-0.3, -0.25) is 33.6 Å². The van der Waals surface area contributed by atoms with Crippen molar-refractivity contribution in [1.82, 2.24) is 31.6 Å². The molecule has 4 aromatic rings. The standard InChI is InChI=1S/C39H46N8O10S2/c40-26(13-20-5-9-23(48)10-6-20)35(53)46-31(18-58)38(56)44-29(15-22-17-42-27-4-2-1-3-25(22)27)36(54)47-32(19-59)39(57)45-30(16-33(50)51)37(55)43-28(34(41)52)14-21-7-11-24(49)12-8-21/h1-12,17,26,28-32,42,48-49,58-59H,13-16,18-19,40H2,(H2,41,52)(H,43,55)(H,44,56)(H,45,57)(H,46,53)(H,47,54)(H,50,51)/t26-,28-,29-,30-,31-,32-/m0/s1. The van der Waals surface area contributed by atoms with Gasteiger partial charge < -0.3 is 58.4 Å². The Hall–Kier alpha value is -6.25. The third-order valence-corrected chi connectivity index (χ3v) is 9.87. The molecule has 1 heterocycles. The summed E-state index contributed by atoms with van der Waals surface area (Å²) in [7, 11) is 0. The fraction of sp³-hybridized carbons (Fsp3) is 0.308. The first kappa shape index (κ1) is 45.5. The maximum absolute atomic E-state index is 14.0. The van der Waals surface area contributed by atoms with E-state index < -0.39 is 84.1 Å². The Bertz CT molecular complexity index is 2130. The molecule has 0 unspecified atom stereocenters. The Morgan fingerprint density at radius 2 is 1.05 bits per heavy atom. The van der Waals surface area contributed by atoms with Crippen LogP contribution in [0.15, 0.2) is 79.0 Å². The lowest BCUT2D eigenvalue weighted by Gasteiger charge is -2.26. The maximum Gasteiger partial charge on any atom is 0.305 e. The highest BCUT2D eigenvalue weighted by Gasteiger charge is 2.33. The number of phenolic OH excluding ortho intramolecular Hbond substituents is 2. The Labute approximate surface area is 349 Å². The Morgan fingerprint density at radius 1 is 0.593 bits per heavy atom. The topological polar surface area (TPSA) is 308 Å². The monoisotopic (exact) mass is 850 g/mol. The van der Waals surface area contributed by atoms with E-state index in [4.69, 9.17) is 11.5 Å². The average Bonchev–Trinajstić information content (AvgIpc) is 3.61. The number of hydrogen-bond donors (Lipinski definition) is 13. The third kappa shape index (κ3) is 13.4. The molecular formula is C39H46N8O10S2. The molecular weight excluding hydrogens is 805 g/mol. The van der Waals surface area contributed by atoms with E-state index in [1.807, 2.05) is 6.07 Å². The molecule has 0 spiro atoms. The molecule has 0 aliphatic rings. The number of H-pyrrole nitrogens is 1. The number of para-hydroxylation sites is 1. The first-order valence-corrected chi connectivity index (χ1v) is 19.5. The van der Waals surface area contributed by atoms with Crippen molar-refractivity contribution < 1.29 is 48.9 Å². The summed E-state index contributed by atoms with van der Waals surface area (Å²) in [6.45, 7) is 0. The van der Waals surface area contributed by atoms with Gasteiger partial charge in [0.2, 0.25) is 35.4 Å². The molecule has 13 N–H and O–H groups in total. The summed E-state index contributed by atoms with van der Waals surface area (Å²) < 4.78 is 0. The molecule has 6 amide bonds. The summed E-state index contributed by atoms with van der Waals surface area (Å²) in [5.41, 5.74) is 14.1. The van der Waals surface area contributed by atoms with Gasteiger partial charge in [-0.25, -0.2) is 0 Å². The van der Waals surface area contributed by atoms with Crippen molar-refractivity contribution in [2.75, 3.05) is 11.5 Å². The minimum Gasteiger partial charge on any atom is -0.508 e. The maximum atomic E-state index is 14.0. The van der Waals surface area contributed by atoms with Crippen molar-refractivity contribution in [2.45, 2.75) is 61.9 Å². The number of carbonyl (C=O) groups excluding carboxylic acids is 6. The highest BCUT2D eigenvalue weighted by Crippen LogP contribution is 2.20. The second-order valence-electron chi connectivity index (χ2n) is 13.6. The summed E-state index contributed by atoms with van der Waals surface area (Å²) in [5.74, 6) is -7.37. The summed E-state index contributed by atoms with van der Waals surface area (Å²) in [6.07, 6.45) is 0.612. The Morgan fingerprint density at radius 3 is 1.59 bits per heavy atom. The number of aromatic hydroxyl groups is 2. The van der Waals surface area contributed by atoms with Crippen LogP contribution in [0.5, 0.6) is 11.5 Å². The zero-order valence-electron chi connectivity index (χ0n) is 31.5. The van der Waals surface area contributed by atoms with Crippen molar-refractivity contribution in [3.8, 4) is 11.5 Å². The number of aromatic amines is 1. The van der Waals surface area contributed by atoms with E-state index in [-0.39, 0.29) is 42.3 Å². The number of nitrogens with one attached hydrogen (secondary N) is 6. The average molecular weight is 851 g/mol. The molecule has 6 atom stereocenters. The number of rotatable bonds is 21. The van der Waals surface area contributed by atoms with Crippen LogP contribution in [-0.2, 0) is 52.8 Å². The van der Waals surface area contributed by atoms with E-state index in [1.165, 1.54) is 36.4 Å². The lowest BCUT2D eigenvalue weighted by Crippen LogP contribution is -2.60. The number of fused-ring (bicyclic) bond motifs is 1. The largest absolute Gasteiger partial charge is 0.508 e. The van der Waals surface area contributed by atoms with E-state index >= 15 is 0 Å². The van der Waals surface area contributed by atoms with Gasteiger partial charge in [-0.2, -0.15) is 25.3 Å². The van der Waals surface area contributed by atoms with Crippen LogP contribution >= 0.6 is 25.3 Å². The molecule has 4 rings (SSSR count). The van der Waals surface area contributed by atoms with Gasteiger partial charge in [0.25, 0.3) is 0 Å². The summed E-state index contributed by atoms with van der Waals surface area (Å²) in [6, 6.07) is 10.8. The Balaban J connectivity index is 1.49. The Kier molecular flexibility index (Phi) is 16.6. The molecule has 0 radical (unpaired) electrons. The van der Waals surface area contributed by atoms with Crippen molar-refractivity contribution in [3.63, 3.8) is 0 Å². The molecule has 18 nitrogen and oxygen atoms in total. The summed E-state index contributed by atoms with van der Waals surface area (Å²) >= 11 is 8.42. The molecule has 3 aromatic carbocycles. The molecule has 314 valence electrons. The number of aromatic nitrogens is 1. The van der Waals surface area contributed by atoms with Crippen LogP contribution in [0.3, 0.4) is 0 Å². The normalized spacial score (nSPS) is 14.1. The van der Waals surface area contributed by atoms with Crippen LogP contribution in [0, 0.1) is 0 Å². The quantitative estimate of drug-likeness (QED) is 0.0460. The highest BCUT2D eigenvalue weighted by atomic mass is 32.1. The fourth-order valence-electron chi connectivity index (χ4n) is 5.94. The van der Waals surface area contributed by atoms with Crippen molar-refractivity contribution in [2.24, 2.45) is 11.5 Å². The lowest BCUT2D eigenvalue weighted by atomic mass is 10.0. The number of benzene rings is 3. The molecule has 20 heteroatoms. The van der Waals surface area contributed by atoms with Gasteiger partial charge in [-0.1, -0.05) is 42.5 Å². The number of carbonyl (C=O) groups is 7. The van der Waals surface area contributed by atoms with E-state index in [9.17, 15) is 48.9 Å². The molecule has 0 aliphatic carbocycles. The minimum atomic E-state index is -1.73. The summed E-state index contributed by atoms with van der Waals surface area (Å²) in [4.78, 5) is 94.5. The van der Waals surface area contributed by atoms with Gasteiger partial charge in [0.05, 0.1) is 12.5 Å². The van der Waals surface area contributed by atoms with Crippen molar-refractivity contribution >= 4 is 77.6 Å². The van der Waals surface area contributed by atoms with Gasteiger partial charge in [-0.15, -0.1) is 0 Å². The van der Waals surface area contributed by atoms with Crippen molar-refractivity contribution in [1.29, 1.82) is 0 Å². The van der Waals surface area contributed by atoms with E-state index in [1.54, 1.807) is 36.5 Å². The zero-order valence-corrected chi connectivity index (χ0v) is 33.2. The van der Waals surface area contributed by atoms with Crippen LogP contribution in [0.25, 0.3) is 10.9 Å². The first-order valence-electron chi connectivity index (χ1n) is 18.2. The number of primary amides is 1. The van der Waals surface area contributed by atoms with E-state index in [0.29, 0.717) is 16.7 Å². The molecule has 0 bridgehead atoms. The van der Waals surface area contributed by atoms with Gasteiger partial charge >= 0.3 is 5.97 Å². The van der Waals surface area contributed by atoms with Gasteiger partial charge in [0.15, 0.2) is 0 Å². The molecule has 0 saturated carbocycles. The number of hydrogen-bond acceptors (Lipinski definition) is 12. The van der Waals surface area contributed by atoms with Gasteiger partial charge in [0, 0.05) is 41.4 Å². The second kappa shape index (κ2) is 21.5. The van der Waals surface area contributed by atoms with Crippen LogP contribution in [0.4, 0.5) is 0 Å². The number of phenols is 2. The van der Waals surface area contributed by atoms with Crippen LogP contribution < -0.4 is 38.1 Å². The number of thiol groups is 2. The predicted octanol–water partition coefficient (Wildman–Crippen LogP) is -0.822. The number of carboxylic acid groups (broad SMARTS) is 1. The highest BCUT2D eigenvalue weighted by molar-refractivity contribution is 7.80. The number of amides is 6. The summed E-state index contributed by atoms with van der Waals surface area (Å²) in [5, 5.41) is 41.7. The first-order chi connectivity index (χ1) is 28.1. The van der Waals surface area contributed by atoms with Crippen molar-refractivity contribution in [3.05, 3.63) is 95.7 Å². The molecule has 59 heavy (non-hydrogen) atoms.